The number of hydrogen-bond acceptors (Lipinski definition) is 7. The maximum absolute atomic E-state index is 13.8. The van der Waals surface area contributed by atoms with E-state index in [-0.39, 0.29) is 24.4 Å². The smallest absolute Gasteiger partial charge is 0.252 e. The molecule has 0 radical (unpaired) electrons. The number of rotatable bonds is 13. The predicted molar refractivity (Wildman–Crippen MR) is 186 cm³/mol. The molecule has 3 aromatic rings. The van der Waals surface area contributed by atoms with E-state index >= 15 is 0 Å². The molecule has 1 unspecified atom stereocenters. The van der Waals surface area contributed by atoms with Crippen LogP contribution >= 0.6 is 0 Å². The monoisotopic (exact) mass is 627 g/mol. The van der Waals surface area contributed by atoms with E-state index in [4.69, 9.17) is 4.98 Å². The standard InChI is InChI=1S/C36H49N7O3/c1-8-27(6)43-21-25(4)35-31(36(46)40-20-30(23-44)24(3)16-26(5)37-7)17-29(18-32(35)43)28-10-11-33(39-19-28)42-14-12-41(13-15-42)22-34(45)38-9-2/h10-11,16-19,21,23,27,37H,8-9,12-15,20,22H2,1-7H3,(H,38,45)(H,40,46)/b26-16-,30-24-. The first kappa shape index (κ1) is 34.4. The minimum atomic E-state index is -0.228. The summed E-state index contributed by atoms with van der Waals surface area (Å²) in [6, 6.07) is 8.42. The summed E-state index contributed by atoms with van der Waals surface area (Å²) in [4.78, 5) is 46.9. The second-order valence-corrected chi connectivity index (χ2v) is 12.1. The average molecular weight is 628 g/mol. The van der Waals surface area contributed by atoms with Crippen LogP contribution in [0.2, 0.25) is 0 Å². The molecule has 3 N–H and O–H groups in total. The number of piperazine rings is 1. The van der Waals surface area contributed by atoms with Gasteiger partial charge in [-0.05, 0) is 88.1 Å². The van der Waals surface area contributed by atoms with E-state index in [1.807, 2.05) is 59.1 Å². The number of allylic oxidation sites excluding steroid dienone is 3. The Labute approximate surface area is 272 Å². The fourth-order valence-corrected chi connectivity index (χ4v) is 5.86. The number of likely N-dealkylation sites (N-methyl/N-ethyl adjacent to an activating group) is 1. The molecule has 10 heteroatoms. The van der Waals surface area contributed by atoms with Crippen LogP contribution in [0.3, 0.4) is 0 Å². The number of fused-ring (bicyclic) bond motifs is 1. The predicted octanol–water partition coefficient (Wildman–Crippen LogP) is 4.61. The Kier molecular flexibility index (Phi) is 11.8. The highest BCUT2D eigenvalue weighted by molar-refractivity contribution is 6.09. The number of hydrogen-bond donors (Lipinski definition) is 3. The van der Waals surface area contributed by atoms with E-state index < -0.39 is 0 Å². The van der Waals surface area contributed by atoms with Crippen molar-refractivity contribution in [3.63, 3.8) is 0 Å². The molecule has 0 saturated carbocycles. The lowest BCUT2D eigenvalue weighted by atomic mass is 9.98. The zero-order valence-electron chi connectivity index (χ0n) is 28.4. The molecule has 10 nitrogen and oxygen atoms in total. The van der Waals surface area contributed by atoms with Crippen LogP contribution in [0.25, 0.3) is 22.0 Å². The van der Waals surface area contributed by atoms with Gasteiger partial charge in [0.25, 0.3) is 5.91 Å². The van der Waals surface area contributed by atoms with Gasteiger partial charge in [0.15, 0.2) is 0 Å². The van der Waals surface area contributed by atoms with E-state index in [2.05, 4.69) is 62.5 Å². The maximum atomic E-state index is 13.8. The Balaban J connectivity index is 1.62. The largest absolute Gasteiger partial charge is 0.392 e. The number of nitrogens with one attached hydrogen (secondary N) is 3. The van der Waals surface area contributed by atoms with E-state index in [1.165, 1.54) is 0 Å². The Hall–Kier alpha value is -4.44. The molecular weight excluding hydrogens is 578 g/mol. The number of carbonyl (C=O) groups is 3. The molecule has 0 aliphatic carbocycles. The van der Waals surface area contributed by atoms with Gasteiger partial charge in [-0.3, -0.25) is 19.3 Å². The molecule has 0 spiro atoms. The number of pyridine rings is 1. The van der Waals surface area contributed by atoms with Gasteiger partial charge in [-0.1, -0.05) is 6.92 Å². The van der Waals surface area contributed by atoms with E-state index in [0.717, 1.165) is 83.6 Å². The van der Waals surface area contributed by atoms with Crippen LogP contribution in [0.1, 0.15) is 63.0 Å². The number of nitrogens with zero attached hydrogens (tertiary/aromatic N) is 4. The molecule has 1 saturated heterocycles. The third kappa shape index (κ3) is 8.04. The minimum absolute atomic E-state index is 0.0608. The van der Waals surface area contributed by atoms with Crippen molar-refractivity contribution >= 4 is 34.8 Å². The van der Waals surface area contributed by atoms with Gasteiger partial charge < -0.3 is 25.4 Å². The molecule has 1 fully saturated rings. The van der Waals surface area contributed by atoms with E-state index in [9.17, 15) is 14.4 Å². The highest BCUT2D eigenvalue weighted by Crippen LogP contribution is 2.34. The highest BCUT2D eigenvalue weighted by Gasteiger charge is 2.22. The van der Waals surface area contributed by atoms with Gasteiger partial charge in [0.05, 0.1) is 6.54 Å². The molecule has 46 heavy (non-hydrogen) atoms. The number of carbonyl (C=O) groups excluding carboxylic acids is 3. The summed E-state index contributed by atoms with van der Waals surface area (Å²) in [7, 11) is 1.83. The molecule has 3 heterocycles. The van der Waals surface area contributed by atoms with Gasteiger partial charge in [0.1, 0.15) is 12.1 Å². The molecular formula is C36H49N7O3. The summed E-state index contributed by atoms with van der Waals surface area (Å²) < 4.78 is 2.25. The third-order valence-electron chi connectivity index (χ3n) is 8.87. The maximum Gasteiger partial charge on any atom is 0.252 e. The summed E-state index contributed by atoms with van der Waals surface area (Å²) in [5.74, 6) is 0.726. The number of aldehydes is 1. The molecule has 1 aliphatic heterocycles. The second kappa shape index (κ2) is 15.7. The van der Waals surface area contributed by atoms with Crippen molar-refractivity contribution in [2.45, 2.75) is 54.0 Å². The van der Waals surface area contributed by atoms with E-state index in [0.29, 0.717) is 24.2 Å². The number of anilines is 1. The lowest BCUT2D eigenvalue weighted by molar-refractivity contribution is -0.122. The van der Waals surface area contributed by atoms with Crippen LogP contribution in [-0.2, 0) is 9.59 Å². The minimum Gasteiger partial charge on any atom is -0.392 e. The first-order valence-corrected chi connectivity index (χ1v) is 16.2. The van der Waals surface area contributed by atoms with Crippen molar-refractivity contribution in [3.05, 3.63) is 70.7 Å². The summed E-state index contributed by atoms with van der Waals surface area (Å²) in [6.45, 7) is 16.5. The average Bonchev–Trinajstić information content (AvgIpc) is 3.40. The van der Waals surface area contributed by atoms with Gasteiger partial charge in [-0.2, -0.15) is 0 Å². The normalized spacial score (nSPS) is 15.4. The van der Waals surface area contributed by atoms with Crippen LogP contribution in [-0.4, -0.2) is 85.4 Å². The van der Waals surface area contributed by atoms with E-state index in [1.54, 1.807) is 0 Å². The van der Waals surface area contributed by atoms with Gasteiger partial charge in [0.2, 0.25) is 5.91 Å². The van der Waals surface area contributed by atoms with Crippen LogP contribution in [0.4, 0.5) is 5.82 Å². The SMILES string of the molecule is CCNC(=O)CN1CCN(c2ccc(-c3cc(C(=O)NC/C(C=O)=C(C)/C=C(/C)NC)c4c(C)cn(C(C)CC)c4c3)cn2)CC1. The number of aromatic nitrogens is 2. The molecule has 1 atom stereocenters. The van der Waals surface area contributed by atoms with Crippen LogP contribution < -0.4 is 20.9 Å². The summed E-state index contributed by atoms with van der Waals surface area (Å²) >= 11 is 0. The number of aryl methyl sites for hydroxylation is 1. The molecule has 0 bridgehead atoms. The summed E-state index contributed by atoms with van der Waals surface area (Å²) in [5, 5.41) is 9.85. The summed E-state index contributed by atoms with van der Waals surface area (Å²) in [6.07, 6.45) is 7.65. The Bertz CT molecular complexity index is 1610. The molecule has 4 rings (SSSR count). The Morgan fingerprint density at radius 3 is 2.39 bits per heavy atom. The van der Waals surface area contributed by atoms with Crippen molar-refractivity contribution in [1.29, 1.82) is 0 Å². The van der Waals surface area contributed by atoms with Crippen LogP contribution in [0.15, 0.2) is 59.6 Å². The lowest BCUT2D eigenvalue weighted by Crippen LogP contribution is -2.49. The molecule has 246 valence electrons. The van der Waals surface area contributed by atoms with Gasteiger partial charge in [-0.15, -0.1) is 0 Å². The van der Waals surface area contributed by atoms with Crippen molar-refractivity contribution < 1.29 is 14.4 Å². The van der Waals surface area contributed by atoms with Gasteiger partial charge >= 0.3 is 0 Å². The Morgan fingerprint density at radius 1 is 1.04 bits per heavy atom. The summed E-state index contributed by atoms with van der Waals surface area (Å²) in [5.41, 5.74) is 6.67. The topological polar surface area (TPSA) is 112 Å². The zero-order chi connectivity index (χ0) is 33.4. The Morgan fingerprint density at radius 2 is 1.78 bits per heavy atom. The molecule has 2 aromatic heterocycles. The van der Waals surface area contributed by atoms with Crippen molar-refractivity contribution in [2.24, 2.45) is 0 Å². The molecule has 2 amide bonds. The number of benzene rings is 1. The van der Waals surface area contributed by atoms with Gasteiger partial charge in [0, 0.05) is 98.1 Å². The van der Waals surface area contributed by atoms with Crippen molar-refractivity contribution in [3.8, 4) is 11.1 Å². The molecule has 1 aliphatic rings. The van der Waals surface area contributed by atoms with Gasteiger partial charge in [-0.25, -0.2) is 4.98 Å². The second-order valence-electron chi connectivity index (χ2n) is 12.1. The number of amides is 2. The molecule has 1 aromatic carbocycles. The third-order valence-corrected chi connectivity index (χ3v) is 8.87. The van der Waals surface area contributed by atoms with Crippen molar-refractivity contribution in [2.75, 3.05) is 57.8 Å². The fraction of sp³-hybridized carbons (Fsp3) is 0.444. The quantitative estimate of drug-likeness (QED) is 0.144. The van der Waals surface area contributed by atoms with Crippen molar-refractivity contribution in [1.82, 2.24) is 30.4 Å². The fourth-order valence-electron chi connectivity index (χ4n) is 5.86. The highest BCUT2D eigenvalue weighted by atomic mass is 16.2. The lowest BCUT2D eigenvalue weighted by Gasteiger charge is -2.35. The first-order chi connectivity index (χ1) is 22.1. The van der Waals surface area contributed by atoms with Crippen LogP contribution in [0, 0.1) is 6.92 Å². The first-order valence-electron chi connectivity index (χ1n) is 16.2. The van der Waals surface area contributed by atoms with Crippen LogP contribution in [0.5, 0.6) is 0 Å². The zero-order valence-corrected chi connectivity index (χ0v) is 28.4.